The summed E-state index contributed by atoms with van der Waals surface area (Å²) in [6.45, 7) is 4.47. The van der Waals surface area contributed by atoms with Crippen molar-refractivity contribution >= 4 is 17.3 Å². The van der Waals surface area contributed by atoms with Crippen LogP contribution in [0, 0.1) is 5.92 Å². The first-order valence-corrected chi connectivity index (χ1v) is 7.45. The van der Waals surface area contributed by atoms with E-state index in [0.29, 0.717) is 18.2 Å². The van der Waals surface area contributed by atoms with E-state index >= 15 is 0 Å². The molecule has 7 heteroatoms. The van der Waals surface area contributed by atoms with Gasteiger partial charge in [0, 0.05) is 6.54 Å². The summed E-state index contributed by atoms with van der Waals surface area (Å²) >= 11 is 0. The number of hydrogen-bond donors (Lipinski definition) is 2. The summed E-state index contributed by atoms with van der Waals surface area (Å²) in [5.74, 6) is -0.000276. The van der Waals surface area contributed by atoms with Gasteiger partial charge in [0.1, 0.15) is 5.69 Å². The molecule has 0 bridgehead atoms. The maximum absolute atomic E-state index is 13.0. The smallest absolute Gasteiger partial charge is 0.354 e. The van der Waals surface area contributed by atoms with Gasteiger partial charge in [-0.3, -0.25) is 4.79 Å². The lowest BCUT2D eigenvalue weighted by Gasteiger charge is -2.14. The third-order valence-corrected chi connectivity index (χ3v) is 3.18. The predicted octanol–water partition coefficient (Wildman–Crippen LogP) is 4.23. The van der Waals surface area contributed by atoms with E-state index in [4.69, 9.17) is 0 Å². The molecule has 2 aromatic rings. The lowest BCUT2D eigenvalue weighted by molar-refractivity contribution is -0.136. The van der Waals surface area contributed by atoms with Crippen LogP contribution < -0.4 is 10.6 Å². The Balaban J connectivity index is 2.12. The molecular weight excluding hydrogens is 319 g/mol. The number of aromatic nitrogens is 1. The first kappa shape index (κ1) is 17.8. The highest BCUT2D eigenvalue weighted by molar-refractivity contribution is 5.92. The fourth-order valence-corrected chi connectivity index (χ4v) is 1.98. The second kappa shape index (κ2) is 7.33. The molecule has 1 aromatic heterocycles. The molecule has 0 fully saturated rings. The summed E-state index contributed by atoms with van der Waals surface area (Å²) in [6.07, 6.45) is -3.12. The van der Waals surface area contributed by atoms with Gasteiger partial charge >= 0.3 is 6.18 Å². The summed E-state index contributed by atoms with van der Waals surface area (Å²) in [6, 6.07) is 8.17. The van der Waals surface area contributed by atoms with Gasteiger partial charge in [-0.2, -0.15) is 13.2 Å². The average Bonchev–Trinajstić information content (AvgIpc) is 2.53. The lowest BCUT2D eigenvalue weighted by Crippen LogP contribution is -2.27. The molecule has 2 N–H and O–H groups in total. The van der Waals surface area contributed by atoms with Crippen LogP contribution in [0.25, 0.3) is 0 Å². The van der Waals surface area contributed by atoms with Gasteiger partial charge in [0.25, 0.3) is 5.91 Å². The number of carbonyl (C=O) groups is 1. The van der Waals surface area contributed by atoms with Gasteiger partial charge in [-0.05, 0) is 30.2 Å². The summed E-state index contributed by atoms with van der Waals surface area (Å²) in [5.41, 5.74) is -0.245. The van der Waals surface area contributed by atoms with Gasteiger partial charge < -0.3 is 10.6 Å². The van der Waals surface area contributed by atoms with E-state index in [9.17, 15) is 18.0 Å². The zero-order valence-corrected chi connectivity index (χ0v) is 13.3. The Morgan fingerprint density at radius 2 is 1.88 bits per heavy atom. The fraction of sp³-hybridized carbons (Fsp3) is 0.294. The Labute approximate surface area is 138 Å². The van der Waals surface area contributed by atoms with Gasteiger partial charge in [0.05, 0.1) is 23.1 Å². The van der Waals surface area contributed by atoms with Crippen molar-refractivity contribution in [2.75, 3.05) is 11.9 Å². The second-order valence-corrected chi connectivity index (χ2v) is 5.70. The summed E-state index contributed by atoms with van der Waals surface area (Å²) in [5, 5.41) is 5.41. The van der Waals surface area contributed by atoms with Crippen LogP contribution in [0.1, 0.15) is 29.9 Å². The Bertz CT molecular complexity index is 697. The van der Waals surface area contributed by atoms with Crippen LogP contribution in [0.5, 0.6) is 0 Å². The van der Waals surface area contributed by atoms with Crippen LogP contribution in [-0.2, 0) is 6.18 Å². The minimum atomic E-state index is -4.45. The van der Waals surface area contributed by atoms with Gasteiger partial charge in [0.15, 0.2) is 0 Å². The molecule has 128 valence electrons. The summed E-state index contributed by atoms with van der Waals surface area (Å²) in [7, 11) is 0. The summed E-state index contributed by atoms with van der Waals surface area (Å²) < 4.78 is 38.9. The molecule has 4 nitrogen and oxygen atoms in total. The lowest BCUT2D eigenvalue weighted by atomic mass is 10.1. The number of nitrogens with one attached hydrogen (secondary N) is 2. The largest absolute Gasteiger partial charge is 0.418 e. The highest BCUT2D eigenvalue weighted by Crippen LogP contribution is 2.35. The minimum absolute atomic E-state index is 0.0659. The predicted molar refractivity (Wildman–Crippen MR) is 86.1 cm³/mol. The molecule has 0 radical (unpaired) electrons. The highest BCUT2D eigenvalue weighted by atomic mass is 19.4. The van der Waals surface area contributed by atoms with Crippen molar-refractivity contribution in [3.63, 3.8) is 0 Å². The molecule has 0 spiro atoms. The van der Waals surface area contributed by atoms with Gasteiger partial charge in [-0.15, -0.1) is 0 Å². The maximum Gasteiger partial charge on any atom is 0.418 e. The number of pyridine rings is 1. The monoisotopic (exact) mass is 337 g/mol. The summed E-state index contributed by atoms with van der Waals surface area (Å²) in [4.78, 5) is 15.9. The van der Waals surface area contributed by atoms with Crippen molar-refractivity contribution in [2.45, 2.75) is 20.0 Å². The van der Waals surface area contributed by atoms with E-state index in [-0.39, 0.29) is 17.3 Å². The van der Waals surface area contributed by atoms with Crippen LogP contribution in [0.2, 0.25) is 0 Å². The molecular formula is C17H18F3N3O. The number of para-hydroxylation sites is 1. The van der Waals surface area contributed by atoms with Crippen molar-refractivity contribution in [3.05, 3.63) is 53.9 Å². The minimum Gasteiger partial charge on any atom is -0.354 e. The van der Waals surface area contributed by atoms with Gasteiger partial charge in [0.2, 0.25) is 0 Å². The maximum atomic E-state index is 13.0. The number of carbonyl (C=O) groups excluding carboxylic acids is 1. The molecule has 0 saturated carbocycles. The number of halogens is 3. The molecule has 1 aromatic carbocycles. The van der Waals surface area contributed by atoms with Crippen molar-refractivity contribution in [1.82, 2.24) is 10.3 Å². The van der Waals surface area contributed by atoms with E-state index in [2.05, 4.69) is 15.6 Å². The molecule has 0 atom stereocenters. The van der Waals surface area contributed by atoms with Crippen molar-refractivity contribution < 1.29 is 18.0 Å². The molecule has 1 heterocycles. The van der Waals surface area contributed by atoms with Crippen molar-refractivity contribution in [3.8, 4) is 0 Å². The zero-order chi connectivity index (χ0) is 17.7. The number of rotatable bonds is 5. The van der Waals surface area contributed by atoms with Crippen LogP contribution in [0.15, 0.2) is 42.6 Å². The van der Waals surface area contributed by atoms with E-state index in [0.717, 1.165) is 6.07 Å². The van der Waals surface area contributed by atoms with E-state index in [1.54, 1.807) is 0 Å². The molecule has 24 heavy (non-hydrogen) atoms. The molecule has 2 rings (SSSR count). The van der Waals surface area contributed by atoms with Crippen molar-refractivity contribution in [2.24, 2.45) is 5.92 Å². The molecule has 0 aliphatic rings. The first-order chi connectivity index (χ1) is 11.3. The fourth-order valence-electron chi connectivity index (χ4n) is 1.98. The number of hydrogen-bond acceptors (Lipinski definition) is 3. The van der Waals surface area contributed by atoms with Crippen LogP contribution in [0.3, 0.4) is 0 Å². The Hall–Kier alpha value is -2.57. The normalized spacial score (nSPS) is 11.4. The van der Waals surface area contributed by atoms with Crippen LogP contribution in [0.4, 0.5) is 24.5 Å². The average molecular weight is 337 g/mol. The van der Waals surface area contributed by atoms with Crippen LogP contribution >= 0.6 is 0 Å². The Morgan fingerprint density at radius 1 is 1.17 bits per heavy atom. The van der Waals surface area contributed by atoms with E-state index in [1.807, 2.05) is 13.8 Å². The quantitative estimate of drug-likeness (QED) is 0.858. The SMILES string of the molecule is CC(C)CNC(=O)c1ccc(Nc2ccccc2C(F)(F)F)cn1. The molecule has 0 aliphatic heterocycles. The Morgan fingerprint density at radius 3 is 2.46 bits per heavy atom. The highest BCUT2D eigenvalue weighted by Gasteiger charge is 2.33. The number of anilines is 2. The number of benzene rings is 1. The molecule has 1 amide bonds. The van der Waals surface area contributed by atoms with Crippen LogP contribution in [-0.4, -0.2) is 17.4 Å². The first-order valence-electron chi connectivity index (χ1n) is 7.45. The standard InChI is InChI=1S/C17H18F3N3O/c1-11(2)9-22-16(24)15-8-7-12(10-21-15)23-14-6-4-3-5-13(14)17(18,19)20/h3-8,10-11,23H,9H2,1-2H3,(H,22,24). The van der Waals surface area contributed by atoms with E-state index in [1.165, 1.54) is 36.5 Å². The van der Waals surface area contributed by atoms with Crippen molar-refractivity contribution in [1.29, 1.82) is 0 Å². The third kappa shape index (κ3) is 4.71. The number of amides is 1. The van der Waals surface area contributed by atoms with E-state index < -0.39 is 11.7 Å². The molecule has 0 saturated heterocycles. The number of alkyl halides is 3. The second-order valence-electron chi connectivity index (χ2n) is 5.70. The topological polar surface area (TPSA) is 54.0 Å². The van der Waals surface area contributed by atoms with Gasteiger partial charge in [-0.25, -0.2) is 4.98 Å². The zero-order valence-electron chi connectivity index (χ0n) is 13.3. The third-order valence-electron chi connectivity index (χ3n) is 3.18. The molecule has 0 aliphatic carbocycles. The Kier molecular flexibility index (Phi) is 5.43. The number of nitrogens with zero attached hydrogens (tertiary/aromatic N) is 1. The molecule has 0 unspecified atom stereocenters. The van der Waals surface area contributed by atoms with Gasteiger partial charge in [-0.1, -0.05) is 26.0 Å².